The second-order valence-corrected chi connectivity index (χ2v) is 7.16. The highest BCUT2D eigenvalue weighted by Gasteiger charge is 2.24. The van der Waals surface area contributed by atoms with Crippen molar-refractivity contribution in [1.82, 2.24) is 14.7 Å². The number of rotatable bonds is 6. The number of carbonyl (C=O) groups excluding carboxylic acids is 1. The zero-order valence-corrected chi connectivity index (χ0v) is 14.6. The van der Waals surface area contributed by atoms with Gasteiger partial charge in [0, 0.05) is 45.8 Å². The first kappa shape index (κ1) is 17.7. The number of piperazine rings is 1. The molecule has 22 heavy (non-hydrogen) atoms. The largest absolute Gasteiger partial charge is 0.370 e. The quantitative estimate of drug-likeness (QED) is 0.689. The van der Waals surface area contributed by atoms with Gasteiger partial charge in [-0.3, -0.25) is 9.69 Å². The molecule has 0 N–H and O–H groups in total. The van der Waals surface area contributed by atoms with Gasteiger partial charge in [0.05, 0.1) is 6.61 Å². The van der Waals surface area contributed by atoms with E-state index < -0.39 is 0 Å². The molecule has 5 heteroatoms. The van der Waals surface area contributed by atoms with Crippen LogP contribution in [0.25, 0.3) is 0 Å². The predicted octanol–water partition coefficient (Wildman–Crippen LogP) is 1.15. The number of carbonyl (C=O) groups is 1. The van der Waals surface area contributed by atoms with Crippen LogP contribution in [0.3, 0.4) is 0 Å². The number of hydrogen-bond acceptors (Lipinski definition) is 4. The minimum Gasteiger partial charge on any atom is -0.370 e. The standard InChI is InChI=1S/C17H33N3O2/c1-15(2)16-4-6-20(7-5-16)17(21)14-22-13-12-19-10-8-18(3)9-11-19/h15-16H,4-14H2,1-3H3. The summed E-state index contributed by atoms with van der Waals surface area (Å²) < 4.78 is 5.61. The number of amides is 1. The number of ether oxygens (including phenoxy) is 1. The van der Waals surface area contributed by atoms with Crippen molar-refractivity contribution in [3.8, 4) is 0 Å². The summed E-state index contributed by atoms with van der Waals surface area (Å²) in [5, 5.41) is 0. The smallest absolute Gasteiger partial charge is 0.248 e. The molecule has 2 fully saturated rings. The molecular formula is C17H33N3O2. The fourth-order valence-electron chi connectivity index (χ4n) is 3.33. The van der Waals surface area contributed by atoms with Gasteiger partial charge in [0.15, 0.2) is 0 Å². The molecule has 5 nitrogen and oxygen atoms in total. The van der Waals surface area contributed by atoms with Crippen molar-refractivity contribution in [2.45, 2.75) is 26.7 Å². The Labute approximate surface area is 135 Å². The molecule has 0 radical (unpaired) electrons. The van der Waals surface area contributed by atoms with E-state index >= 15 is 0 Å². The zero-order valence-electron chi connectivity index (χ0n) is 14.6. The van der Waals surface area contributed by atoms with Gasteiger partial charge in [0.1, 0.15) is 6.61 Å². The Morgan fingerprint density at radius 2 is 1.73 bits per heavy atom. The Kier molecular flexibility index (Phi) is 7.12. The molecule has 2 aliphatic heterocycles. The van der Waals surface area contributed by atoms with Crippen LogP contribution in [-0.2, 0) is 9.53 Å². The van der Waals surface area contributed by atoms with Crippen molar-refractivity contribution < 1.29 is 9.53 Å². The molecule has 2 rings (SSSR count). The molecule has 0 aromatic rings. The SMILES string of the molecule is CC(C)C1CCN(C(=O)COCCN2CCN(C)CC2)CC1. The maximum absolute atomic E-state index is 12.1. The monoisotopic (exact) mass is 311 g/mol. The maximum Gasteiger partial charge on any atom is 0.248 e. The molecule has 0 aromatic carbocycles. The van der Waals surface area contributed by atoms with Crippen LogP contribution in [0.5, 0.6) is 0 Å². The molecule has 0 unspecified atom stereocenters. The van der Waals surface area contributed by atoms with Crippen LogP contribution >= 0.6 is 0 Å². The third kappa shape index (κ3) is 5.52. The lowest BCUT2D eigenvalue weighted by molar-refractivity contribution is -0.137. The number of likely N-dealkylation sites (tertiary alicyclic amines) is 1. The van der Waals surface area contributed by atoms with E-state index in [9.17, 15) is 4.79 Å². The minimum atomic E-state index is 0.167. The number of nitrogens with zero attached hydrogens (tertiary/aromatic N) is 3. The van der Waals surface area contributed by atoms with Gasteiger partial charge in [-0.05, 0) is 31.7 Å². The fourth-order valence-corrected chi connectivity index (χ4v) is 3.33. The molecule has 1 amide bonds. The van der Waals surface area contributed by atoms with Crippen molar-refractivity contribution in [2.75, 3.05) is 66.1 Å². The van der Waals surface area contributed by atoms with Crippen LogP contribution in [-0.4, -0.2) is 86.7 Å². The molecule has 0 aromatic heterocycles. The van der Waals surface area contributed by atoms with Crippen LogP contribution in [0.2, 0.25) is 0 Å². The average molecular weight is 311 g/mol. The van der Waals surface area contributed by atoms with Crippen molar-refractivity contribution in [2.24, 2.45) is 11.8 Å². The van der Waals surface area contributed by atoms with E-state index in [1.807, 2.05) is 4.90 Å². The second-order valence-electron chi connectivity index (χ2n) is 7.16. The fraction of sp³-hybridized carbons (Fsp3) is 0.941. The molecule has 0 atom stereocenters. The lowest BCUT2D eigenvalue weighted by Gasteiger charge is -2.34. The summed E-state index contributed by atoms with van der Waals surface area (Å²) in [7, 11) is 2.16. The summed E-state index contributed by atoms with van der Waals surface area (Å²) in [6.45, 7) is 12.7. The molecule has 0 bridgehead atoms. The molecule has 0 saturated carbocycles. The van der Waals surface area contributed by atoms with Crippen molar-refractivity contribution in [3.63, 3.8) is 0 Å². The first-order valence-corrected chi connectivity index (χ1v) is 8.82. The van der Waals surface area contributed by atoms with Crippen molar-refractivity contribution >= 4 is 5.91 Å². The van der Waals surface area contributed by atoms with Crippen LogP contribution < -0.4 is 0 Å². The Balaban J connectivity index is 1.55. The zero-order chi connectivity index (χ0) is 15.9. The summed E-state index contributed by atoms with van der Waals surface area (Å²) in [5.74, 6) is 1.68. The molecule has 0 aliphatic carbocycles. The van der Waals surface area contributed by atoms with Gasteiger partial charge in [-0.25, -0.2) is 0 Å². The highest BCUT2D eigenvalue weighted by atomic mass is 16.5. The third-order valence-corrected chi connectivity index (χ3v) is 5.21. The van der Waals surface area contributed by atoms with Gasteiger partial charge in [0.25, 0.3) is 0 Å². The Morgan fingerprint density at radius 1 is 1.09 bits per heavy atom. The van der Waals surface area contributed by atoms with Crippen LogP contribution in [0.4, 0.5) is 0 Å². The van der Waals surface area contributed by atoms with E-state index in [0.717, 1.165) is 70.5 Å². The predicted molar refractivity (Wildman–Crippen MR) is 88.9 cm³/mol. The Bertz CT molecular complexity index is 333. The average Bonchev–Trinajstić information content (AvgIpc) is 2.53. The van der Waals surface area contributed by atoms with Gasteiger partial charge >= 0.3 is 0 Å². The number of hydrogen-bond donors (Lipinski definition) is 0. The van der Waals surface area contributed by atoms with Crippen molar-refractivity contribution in [1.29, 1.82) is 0 Å². The third-order valence-electron chi connectivity index (χ3n) is 5.21. The molecule has 0 spiro atoms. The lowest BCUT2D eigenvalue weighted by Crippen LogP contribution is -2.45. The summed E-state index contributed by atoms with van der Waals surface area (Å²) in [4.78, 5) is 18.9. The van der Waals surface area contributed by atoms with Crippen LogP contribution in [0.1, 0.15) is 26.7 Å². The second kappa shape index (κ2) is 8.85. The van der Waals surface area contributed by atoms with E-state index in [2.05, 4.69) is 30.7 Å². The highest BCUT2D eigenvalue weighted by Crippen LogP contribution is 2.24. The van der Waals surface area contributed by atoms with Gasteiger partial charge in [-0.2, -0.15) is 0 Å². The lowest BCUT2D eigenvalue weighted by atomic mass is 9.87. The normalized spacial score (nSPS) is 22.5. The summed E-state index contributed by atoms with van der Waals surface area (Å²) >= 11 is 0. The highest BCUT2D eigenvalue weighted by molar-refractivity contribution is 5.77. The summed E-state index contributed by atoms with van der Waals surface area (Å²) in [6.07, 6.45) is 2.29. The molecule has 2 saturated heterocycles. The minimum absolute atomic E-state index is 0.167. The first-order valence-electron chi connectivity index (χ1n) is 8.82. The van der Waals surface area contributed by atoms with Crippen LogP contribution in [0.15, 0.2) is 0 Å². The van der Waals surface area contributed by atoms with Crippen molar-refractivity contribution in [3.05, 3.63) is 0 Å². The van der Waals surface area contributed by atoms with E-state index in [0.29, 0.717) is 6.61 Å². The number of piperidine rings is 1. The molecule has 2 heterocycles. The maximum atomic E-state index is 12.1. The number of likely N-dealkylation sites (N-methyl/N-ethyl adjacent to an activating group) is 1. The first-order chi connectivity index (χ1) is 10.6. The van der Waals surface area contributed by atoms with E-state index in [-0.39, 0.29) is 12.5 Å². The summed E-state index contributed by atoms with van der Waals surface area (Å²) in [5.41, 5.74) is 0. The van der Waals surface area contributed by atoms with E-state index in [1.165, 1.54) is 0 Å². The van der Waals surface area contributed by atoms with E-state index in [1.54, 1.807) is 0 Å². The summed E-state index contributed by atoms with van der Waals surface area (Å²) in [6, 6.07) is 0. The van der Waals surface area contributed by atoms with Crippen LogP contribution in [0, 0.1) is 11.8 Å². The van der Waals surface area contributed by atoms with Gasteiger partial charge in [0.2, 0.25) is 5.91 Å². The van der Waals surface area contributed by atoms with Gasteiger partial charge in [-0.1, -0.05) is 13.8 Å². The molecular weight excluding hydrogens is 278 g/mol. The van der Waals surface area contributed by atoms with Gasteiger partial charge in [-0.15, -0.1) is 0 Å². The molecule has 128 valence electrons. The van der Waals surface area contributed by atoms with Gasteiger partial charge < -0.3 is 14.5 Å². The van der Waals surface area contributed by atoms with E-state index in [4.69, 9.17) is 4.74 Å². The topological polar surface area (TPSA) is 36.0 Å². The molecule has 2 aliphatic rings. The Morgan fingerprint density at radius 3 is 2.32 bits per heavy atom. The Hall–Kier alpha value is -0.650.